The smallest absolute Gasteiger partial charge is 0.0598 e. The SMILES string of the molecule is CC(C)(C)OC[C@@H](CO)CCCCN1CCC1. The largest absolute Gasteiger partial charge is 0.396 e. The number of likely N-dealkylation sites (tertiary alicyclic amines) is 1. The molecule has 0 aromatic heterocycles. The van der Waals surface area contributed by atoms with E-state index in [0.29, 0.717) is 12.5 Å². The Balaban J connectivity index is 2.01. The third-order valence-electron chi connectivity index (χ3n) is 3.30. The number of aliphatic hydroxyl groups is 1. The molecule has 0 bridgehead atoms. The summed E-state index contributed by atoms with van der Waals surface area (Å²) in [6.45, 7) is 10.9. The number of aliphatic hydroxyl groups excluding tert-OH is 1. The van der Waals surface area contributed by atoms with Gasteiger partial charge in [0.25, 0.3) is 0 Å². The van der Waals surface area contributed by atoms with Crippen molar-refractivity contribution in [2.24, 2.45) is 5.92 Å². The van der Waals surface area contributed by atoms with Crippen LogP contribution >= 0.6 is 0 Å². The Bertz CT molecular complexity index is 197. The number of hydrogen-bond acceptors (Lipinski definition) is 3. The monoisotopic (exact) mass is 243 g/mol. The second-order valence-electron chi connectivity index (χ2n) is 6.16. The van der Waals surface area contributed by atoms with Crippen LogP contribution in [0.4, 0.5) is 0 Å². The van der Waals surface area contributed by atoms with Gasteiger partial charge in [0.1, 0.15) is 0 Å². The van der Waals surface area contributed by atoms with E-state index in [1.807, 2.05) is 0 Å². The Labute approximate surface area is 106 Å². The molecule has 0 amide bonds. The molecule has 0 aliphatic carbocycles. The average Bonchev–Trinajstić information content (AvgIpc) is 2.18. The summed E-state index contributed by atoms with van der Waals surface area (Å²) >= 11 is 0. The van der Waals surface area contributed by atoms with Gasteiger partial charge in [-0.05, 0) is 59.7 Å². The van der Waals surface area contributed by atoms with Crippen LogP contribution in [0, 0.1) is 5.92 Å². The molecule has 3 nitrogen and oxygen atoms in total. The lowest BCUT2D eigenvalue weighted by molar-refractivity contribution is -0.0329. The van der Waals surface area contributed by atoms with Crippen LogP contribution in [0.15, 0.2) is 0 Å². The van der Waals surface area contributed by atoms with Crippen molar-refractivity contribution in [2.75, 3.05) is 32.8 Å². The normalized spacial score (nSPS) is 19.1. The van der Waals surface area contributed by atoms with Crippen molar-refractivity contribution >= 4 is 0 Å². The van der Waals surface area contributed by atoms with Gasteiger partial charge in [0.15, 0.2) is 0 Å². The summed E-state index contributed by atoms with van der Waals surface area (Å²) in [7, 11) is 0. The third kappa shape index (κ3) is 7.02. The first-order valence-corrected chi connectivity index (χ1v) is 6.98. The van der Waals surface area contributed by atoms with Gasteiger partial charge in [0, 0.05) is 12.5 Å². The highest BCUT2D eigenvalue weighted by atomic mass is 16.5. The van der Waals surface area contributed by atoms with Crippen LogP contribution in [0.5, 0.6) is 0 Å². The van der Waals surface area contributed by atoms with Crippen LogP contribution < -0.4 is 0 Å². The average molecular weight is 243 g/mol. The number of rotatable bonds is 8. The van der Waals surface area contributed by atoms with Crippen molar-refractivity contribution in [3.05, 3.63) is 0 Å². The van der Waals surface area contributed by atoms with Crippen LogP contribution in [0.3, 0.4) is 0 Å². The Morgan fingerprint density at radius 3 is 2.41 bits per heavy atom. The molecular weight excluding hydrogens is 214 g/mol. The van der Waals surface area contributed by atoms with Crippen LogP contribution in [0.25, 0.3) is 0 Å². The number of nitrogens with zero attached hydrogens (tertiary/aromatic N) is 1. The molecule has 17 heavy (non-hydrogen) atoms. The molecule has 1 aliphatic rings. The fourth-order valence-electron chi connectivity index (χ4n) is 1.97. The molecule has 1 rings (SSSR count). The van der Waals surface area contributed by atoms with Gasteiger partial charge in [-0.15, -0.1) is 0 Å². The molecular formula is C14H29NO2. The first-order chi connectivity index (χ1) is 8.01. The zero-order valence-corrected chi connectivity index (χ0v) is 11.7. The Morgan fingerprint density at radius 2 is 1.94 bits per heavy atom. The molecule has 1 atom stereocenters. The summed E-state index contributed by atoms with van der Waals surface area (Å²) in [6, 6.07) is 0. The van der Waals surface area contributed by atoms with E-state index >= 15 is 0 Å². The van der Waals surface area contributed by atoms with Crippen molar-refractivity contribution in [1.82, 2.24) is 4.90 Å². The molecule has 1 aliphatic heterocycles. The molecule has 1 saturated heterocycles. The summed E-state index contributed by atoms with van der Waals surface area (Å²) < 4.78 is 5.72. The highest BCUT2D eigenvalue weighted by molar-refractivity contribution is 4.68. The minimum absolute atomic E-state index is 0.0922. The number of hydrogen-bond donors (Lipinski definition) is 1. The predicted molar refractivity (Wildman–Crippen MR) is 71.2 cm³/mol. The molecule has 0 unspecified atom stereocenters. The molecule has 0 radical (unpaired) electrons. The van der Waals surface area contributed by atoms with Crippen molar-refractivity contribution in [3.8, 4) is 0 Å². The lowest BCUT2D eigenvalue weighted by Crippen LogP contribution is -2.37. The number of unbranched alkanes of at least 4 members (excludes halogenated alkanes) is 1. The third-order valence-corrected chi connectivity index (χ3v) is 3.30. The van der Waals surface area contributed by atoms with E-state index < -0.39 is 0 Å². The van der Waals surface area contributed by atoms with Crippen LogP contribution in [-0.4, -0.2) is 48.5 Å². The van der Waals surface area contributed by atoms with E-state index in [4.69, 9.17) is 4.74 Å². The van der Waals surface area contributed by atoms with Crippen molar-refractivity contribution in [3.63, 3.8) is 0 Å². The zero-order chi connectivity index (χ0) is 12.7. The van der Waals surface area contributed by atoms with Crippen LogP contribution in [-0.2, 0) is 4.74 Å². The maximum Gasteiger partial charge on any atom is 0.0598 e. The molecule has 3 heteroatoms. The topological polar surface area (TPSA) is 32.7 Å². The Morgan fingerprint density at radius 1 is 1.24 bits per heavy atom. The van der Waals surface area contributed by atoms with E-state index in [1.165, 1.54) is 38.9 Å². The van der Waals surface area contributed by atoms with Gasteiger partial charge in [0.2, 0.25) is 0 Å². The van der Waals surface area contributed by atoms with Gasteiger partial charge < -0.3 is 14.7 Å². The van der Waals surface area contributed by atoms with Crippen LogP contribution in [0.1, 0.15) is 46.5 Å². The second kappa shape index (κ2) is 7.34. The summed E-state index contributed by atoms with van der Waals surface area (Å²) in [5.41, 5.74) is -0.0922. The van der Waals surface area contributed by atoms with Crippen LogP contribution in [0.2, 0.25) is 0 Å². The minimum atomic E-state index is -0.0922. The van der Waals surface area contributed by atoms with Crippen molar-refractivity contribution in [2.45, 2.75) is 52.1 Å². The van der Waals surface area contributed by atoms with E-state index in [2.05, 4.69) is 25.7 Å². The molecule has 102 valence electrons. The zero-order valence-electron chi connectivity index (χ0n) is 11.7. The summed E-state index contributed by atoms with van der Waals surface area (Å²) in [6.07, 6.45) is 4.92. The lowest BCUT2D eigenvalue weighted by atomic mass is 10.0. The summed E-state index contributed by atoms with van der Waals surface area (Å²) in [5.74, 6) is 0.311. The molecule has 0 aromatic carbocycles. The maximum absolute atomic E-state index is 9.30. The fraction of sp³-hybridized carbons (Fsp3) is 1.00. The van der Waals surface area contributed by atoms with Gasteiger partial charge in [-0.25, -0.2) is 0 Å². The highest BCUT2D eigenvalue weighted by Crippen LogP contribution is 2.15. The summed E-state index contributed by atoms with van der Waals surface area (Å²) in [4.78, 5) is 2.50. The lowest BCUT2D eigenvalue weighted by Gasteiger charge is -2.30. The first-order valence-electron chi connectivity index (χ1n) is 6.98. The van der Waals surface area contributed by atoms with Gasteiger partial charge in [-0.1, -0.05) is 6.42 Å². The van der Waals surface area contributed by atoms with E-state index in [0.717, 1.165) is 6.42 Å². The van der Waals surface area contributed by atoms with E-state index in [9.17, 15) is 5.11 Å². The molecule has 1 heterocycles. The minimum Gasteiger partial charge on any atom is -0.396 e. The van der Waals surface area contributed by atoms with E-state index in [1.54, 1.807) is 0 Å². The van der Waals surface area contributed by atoms with Gasteiger partial charge in [-0.2, -0.15) is 0 Å². The summed E-state index contributed by atoms with van der Waals surface area (Å²) in [5, 5.41) is 9.30. The molecule has 0 aromatic rings. The Hall–Kier alpha value is -0.120. The fourth-order valence-corrected chi connectivity index (χ4v) is 1.97. The molecule has 1 fully saturated rings. The van der Waals surface area contributed by atoms with Gasteiger partial charge in [-0.3, -0.25) is 0 Å². The standard InChI is InChI=1S/C14H29NO2/c1-14(2,3)17-12-13(11-16)7-4-5-8-15-9-6-10-15/h13,16H,4-12H2,1-3H3/t13-/m1/s1. The van der Waals surface area contributed by atoms with E-state index in [-0.39, 0.29) is 12.2 Å². The van der Waals surface area contributed by atoms with Crippen molar-refractivity contribution < 1.29 is 9.84 Å². The van der Waals surface area contributed by atoms with Crippen molar-refractivity contribution in [1.29, 1.82) is 0 Å². The predicted octanol–water partition coefficient (Wildman–Crippen LogP) is 2.29. The quantitative estimate of drug-likeness (QED) is 0.664. The van der Waals surface area contributed by atoms with Gasteiger partial charge in [0.05, 0.1) is 12.2 Å². The first kappa shape index (κ1) is 14.9. The Kier molecular flexibility index (Phi) is 6.45. The molecule has 1 N–H and O–H groups in total. The molecule has 0 spiro atoms. The molecule has 0 saturated carbocycles. The van der Waals surface area contributed by atoms with Gasteiger partial charge >= 0.3 is 0 Å². The number of ether oxygens (including phenoxy) is 1. The highest BCUT2D eigenvalue weighted by Gasteiger charge is 2.16. The maximum atomic E-state index is 9.30. The second-order valence-corrected chi connectivity index (χ2v) is 6.16.